The largest absolute Gasteiger partial charge is 0.443 e. The molecule has 3 rings (SSSR count). The molecule has 4 N–H and O–H groups in total. The second-order valence-corrected chi connectivity index (χ2v) is 6.94. The van der Waals surface area contributed by atoms with Crippen LogP contribution in [0.15, 0.2) is 35.3 Å². The molecule has 1 aliphatic heterocycles. The zero-order valence-corrected chi connectivity index (χ0v) is 16.4. The van der Waals surface area contributed by atoms with Crippen molar-refractivity contribution in [3.63, 3.8) is 0 Å². The van der Waals surface area contributed by atoms with E-state index in [1.807, 2.05) is 30.9 Å². The molecule has 0 unspecified atom stereocenters. The molecule has 0 atom stereocenters. The number of ether oxygens (including phenoxy) is 2. The number of halogens is 1. The summed E-state index contributed by atoms with van der Waals surface area (Å²) in [6.07, 6.45) is -0.944. The van der Waals surface area contributed by atoms with Gasteiger partial charge in [0.2, 0.25) is 0 Å². The number of pyridine rings is 1. The van der Waals surface area contributed by atoms with Crippen molar-refractivity contribution in [2.24, 2.45) is 16.5 Å². The second-order valence-electron chi connectivity index (χ2n) is 6.94. The monoisotopic (exact) mass is 401 g/mol. The van der Waals surface area contributed by atoms with E-state index in [0.29, 0.717) is 25.4 Å². The van der Waals surface area contributed by atoms with E-state index >= 15 is 0 Å². The fourth-order valence-corrected chi connectivity index (χ4v) is 3.16. The van der Waals surface area contributed by atoms with Crippen LogP contribution in [0.3, 0.4) is 0 Å². The van der Waals surface area contributed by atoms with Gasteiger partial charge in [0.05, 0.1) is 18.4 Å². The van der Waals surface area contributed by atoms with Crippen molar-refractivity contribution < 1.29 is 18.7 Å². The maximum atomic E-state index is 14.8. The Labute approximate surface area is 168 Å². The number of aryl methyl sites for hydroxylation is 2. The third kappa shape index (κ3) is 5.41. The molecule has 1 aromatic heterocycles. The fraction of sp³-hybridized carbons (Fsp3) is 0.350. The summed E-state index contributed by atoms with van der Waals surface area (Å²) in [4.78, 5) is 20.8. The van der Waals surface area contributed by atoms with Crippen LogP contribution in [-0.4, -0.2) is 36.2 Å². The van der Waals surface area contributed by atoms with Gasteiger partial charge >= 0.3 is 6.09 Å². The topological polar surface area (TPSA) is 116 Å². The molecule has 1 amide bonds. The summed E-state index contributed by atoms with van der Waals surface area (Å²) in [5.41, 5.74) is 13.9. The van der Waals surface area contributed by atoms with Crippen LogP contribution < -0.4 is 16.4 Å². The van der Waals surface area contributed by atoms with E-state index in [-0.39, 0.29) is 18.3 Å². The summed E-state index contributed by atoms with van der Waals surface area (Å²) in [5.74, 6) is -0.850. The molecule has 1 aromatic carbocycles. The van der Waals surface area contributed by atoms with Crippen LogP contribution in [0, 0.1) is 19.7 Å². The Balaban J connectivity index is 1.53. The van der Waals surface area contributed by atoms with E-state index in [2.05, 4.69) is 9.98 Å². The van der Waals surface area contributed by atoms with E-state index in [4.69, 9.17) is 20.9 Å². The summed E-state index contributed by atoms with van der Waals surface area (Å²) in [7, 11) is 0. The van der Waals surface area contributed by atoms with Crippen LogP contribution in [-0.2, 0) is 22.7 Å². The third-order valence-corrected chi connectivity index (χ3v) is 4.45. The number of hydrogen-bond acceptors (Lipinski definition) is 5. The number of nitrogens with two attached hydrogens (primary N) is 2. The van der Waals surface area contributed by atoms with Gasteiger partial charge in [-0.25, -0.2) is 9.18 Å². The summed E-state index contributed by atoms with van der Waals surface area (Å²) in [5, 5.41) is 0. The number of carbonyl (C=O) groups excluding carboxylic acids is 1. The van der Waals surface area contributed by atoms with Crippen molar-refractivity contribution in [3.05, 3.63) is 58.7 Å². The first kappa shape index (κ1) is 20.5. The molecular weight excluding hydrogens is 377 g/mol. The van der Waals surface area contributed by atoms with Gasteiger partial charge in [0.25, 0.3) is 0 Å². The van der Waals surface area contributed by atoms with Crippen molar-refractivity contribution in [2.75, 3.05) is 18.0 Å². The van der Waals surface area contributed by atoms with E-state index in [9.17, 15) is 9.18 Å². The van der Waals surface area contributed by atoms with E-state index in [0.717, 1.165) is 17.0 Å². The van der Waals surface area contributed by atoms with E-state index in [1.54, 1.807) is 18.2 Å². The van der Waals surface area contributed by atoms with Crippen molar-refractivity contribution in [1.82, 2.24) is 4.98 Å². The smallest absolute Gasteiger partial charge is 0.437 e. The van der Waals surface area contributed by atoms with Gasteiger partial charge in [0, 0.05) is 30.0 Å². The van der Waals surface area contributed by atoms with Gasteiger partial charge in [-0.1, -0.05) is 12.1 Å². The van der Waals surface area contributed by atoms with Gasteiger partial charge in [-0.3, -0.25) is 4.98 Å². The first-order chi connectivity index (χ1) is 13.8. The summed E-state index contributed by atoms with van der Waals surface area (Å²) >= 11 is 0. The highest BCUT2D eigenvalue weighted by Crippen LogP contribution is 2.28. The Morgan fingerprint density at radius 2 is 1.93 bits per heavy atom. The molecule has 1 fully saturated rings. The van der Waals surface area contributed by atoms with Crippen LogP contribution in [0.5, 0.6) is 0 Å². The van der Waals surface area contributed by atoms with Crippen LogP contribution in [0.2, 0.25) is 0 Å². The lowest BCUT2D eigenvalue weighted by atomic mass is 10.1. The lowest BCUT2D eigenvalue weighted by Crippen LogP contribution is -2.52. The minimum absolute atomic E-state index is 0.0199. The molecule has 0 aliphatic carbocycles. The normalized spacial score (nSPS) is 13.7. The Morgan fingerprint density at radius 1 is 1.24 bits per heavy atom. The van der Waals surface area contributed by atoms with Gasteiger partial charge in [0.15, 0.2) is 11.8 Å². The third-order valence-electron chi connectivity index (χ3n) is 4.45. The molecule has 2 aromatic rings. The second kappa shape index (κ2) is 8.87. The van der Waals surface area contributed by atoms with Crippen molar-refractivity contribution >= 4 is 17.7 Å². The molecular formula is C20H24FN5O3. The minimum atomic E-state index is -0.964. The van der Waals surface area contributed by atoms with Crippen molar-refractivity contribution in [1.29, 1.82) is 0 Å². The van der Waals surface area contributed by atoms with Crippen LogP contribution in [0.4, 0.5) is 14.9 Å². The summed E-state index contributed by atoms with van der Waals surface area (Å²) in [6.45, 7) is 5.29. The number of rotatable bonds is 6. The molecule has 0 saturated carbocycles. The molecule has 9 heteroatoms. The number of carbonyl (C=O) groups is 1. The van der Waals surface area contributed by atoms with Gasteiger partial charge < -0.3 is 25.8 Å². The Hall–Kier alpha value is -3.20. The average molecular weight is 401 g/mol. The van der Waals surface area contributed by atoms with Crippen LogP contribution >= 0.6 is 0 Å². The average Bonchev–Trinajstić information content (AvgIpc) is 2.59. The van der Waals surface area contributed by atoms with Crippen molar-refractivity contribution in [3.8, 4) is 0 Å². The molecule has 1 aliphatic rings. The SMILES string of the molecule is Cc1cc(COC2CN(c3cccc(COC(=O)N=C(N)N)c3F)C2)cc(C)n1. The highest BCUT2D eigenvalue weighted by Gasteiger charge is 2.30. The first-order valence-corrected chi connectivity index (χ1v) is 9.16. The van der Waals surface area contributed by atoms with E-state index in [1.165, 1.54) is 0 Å². The molecule has 154 valence electrons. The Bertz CT molecular complexity index is 904. The van der Waals surface area contributed by atoms with Gasteiger partial charge in [-0.05, 0) is 37.6 Å². The summed E-state index contributed by atoms with van der Waals surface area (Å²) < 4.78 is 25.5. The predicted octanol–water partition coefficient (Wildman–Crippen LogP) is 2.15. The molecule has 0 bridgehead atoms. The quantitative estimate of drug-likeness (QED) is 0.563. The number of guanidine groups is 1. The van der Waals surface area contributed by atoms with E-state index < -0.39 is 17.9 Å². The number of aliphatic imine (C=N–C) groups is 1. The lowest BCUT2D eigenvalue weighted by Gasteiger charge is -2.41. The zero-order chi connectivity index (χ0) is 21.0. The fourth-order valence-electron chi connectivity index (χ4n) is 3.16. The minimum Gasteiger partial charge on any atom is -0.443 e. The van der Waals surface area contributed by atoms with Crippen LogP contribution in [0.1, 0.15) is 22.5 Å². The Kier molecular flexibility index (Phi) is 6.28. The number of aromatic nitrogens is 1. The van der Waals surface area contributed by atoms with Gasteiger partial charge in [-0.2, -0.15) is 0 Å². The number of hydrogen-bond donors (Lipinski definition) is 2. The summed E-state index contributed by atoms with van der Waals surface area (Å²) in [6, 6.07) is 8.93. The first-order valence-electron chi connectivity index (χ1n) is 9.16. The number of benzene rings is 1. The molecule has 0 spiro atoms. The number of amides is 1. The molecule has 8 nitrogen and oxygen atoms in total. The standard InChI is InChI=1S/C20H24FN5O3/c1-12-6-14(7-13(2)24-12)10-28-16-8-26(9-16)17-5-3-4-15(18(17)21)11-29-20(27)25-19(22)23/h3-7,16H,8-11H2,1-2H3,(H4,22,23,25,27). The highest BCUT2D eigenvalue weighted by molar-refractivity contribution is 5.87. The highest BCUT2D eigenvalue weighted by atomic mass is 19.1. The molecule has 0 radical (unpaired) electrons. The van der Waals surface area contributed by atoms with Gasteiger partial charge in [0.1, 0.15) is 6.61 Å². The molecule has 29 heavy (non-hydrogen) atoms. The zero-order valence-electron chi connectivity index (χ0n) is 16.4. The number of anilines is 1. The van der Waals surface area contributed by atoms with Crippen LogP contribution in [0.25, 0.3) is 0 Å². The van der Waals surface area contributed by atoms with Gasteiger partial charge in [-0.15, -0.1) is 4.99 Å². The number of nitrogens with zero attached hydrogens (tertiary/aromatic N) is 3. The maximum absolute atomic E-state index is 14.8. The molecule has 1 saturated heterocycles. The maximum Gasteiger partial charge on any atom is 0.437 e. The van der Waals surface area contributed by atoms with Crippen molar-refractivity contribution in [2.45, 2.75) is 33.2 Å². The lowest BCUT2D eigenvalue weighted by molar-refractivity contribution is 0.0221. The molecule has 2 heterocycles. The Morgan fingerprint density at radius 3 is 2.59 bits per heavy atom. The predicted molar refractivity (Wildman–Crippen MR) is 107 cm³/mol.